The fraction of sp³-hybridized carbons (Fsp3) is 0.857. The molecule has 2 amide bonds. The number of hydrogen-bond acceptors (Lipinski definition) is 2. The van der Waals surface area contributed by atoms with Crippen LogP contribution in [-0.4, -0.2) is 28.7 Å². The summed E-state index contributed by atoms with van der Waals surface area (Å²) >= 11 is 0. The zero-order valence-corrected chi connectivity index (χ0v) is 12.2. The first-order chi connectivity index (χ1) is 8.82. The Labute approximate surface area is 115 Å². The SMILES string of the molecule is CC(C)C[C@H](NC(=O)NC1(C)CCCCC1)C(=O)O. The summed E-state index contributed by atoms with van der Waals surface area (Å²) in [5.41, 5.74) is -0.191. The van der Waals surface area contributed by atoms with E-state index in [1.54, 1.807) is 0 Å². The van der Waals surface area contributed by atoms with Gasteiger partial charge in [0.1, 0.15) is 6.04 Å². The van der Waals surface area contributed by atoms with Gasteiger partial charge in [0, 0.05) is 5.54 Å². The van der Waals surface area contributed by atoms with Gasteiger partial charge in [-0.3, -0.25) is 0 Å². The van der Waals surface area contributed by atoms with Crippen LogP contribution in [0.5, 0.6) is 0 Å². The van der Waals surface area contributed by atoms with Crippen molar-refractivity contribution in [2.24, 2.45) is 5.92 Å². The molecule has 5 heteroatoms. The molecule has 1 saturated carbocycles. The molecule has 3 N–H and O–H groups in total. The highest BCUT2D eigenvalue weighted by molar-refractivity contribution is 5.82. The molecule has 0 bridgehead atoms. The van der Waals surface area contributed by atoms with Crippen molar-refractivity contribution in [1.82, 2.24) is 10.6 Å². The third kappa shape index (κ3) is 5.49. The highest BCUT2D eigenvalue weighted by atomic mass is 16.4. The van der Waals surface area contributed by atoms with E-state index in [1.807, 2.05) is 20.8 Å². The average molecular weight is 270 g/mol. The summed E-state index contributed by atoms with van der Waals surface area (Å²) in [4.78, 5) is 23.0. The van der Waals surface area contributed by atoms with E-state index in [0.29, 0.717) is 6.42 Å². The molecule has 110 valence electrons. The number of nitrogens with one attached hydrogen (secondary N) is 2. The fourth-order valence-corrected chi connectivity index (χ4v) is 2.62. The average Bonchev–Trinajstić information content (AvgIpc) is 2.27. The molecule has 0 saturated heterocycles. The molecule has 1 aliphatic carbocycles. The number of carbonyl (C=O) groups excluding carboxylic acids is 1. The predicted molar refractivity (Wildman–Crippen MR) is 74.0 cm³/mol. The lowest BCUT2D eigenvalue weighted by Gasteiger charge is -2.35. The molecule has 0 radical (unpaired) electrons. The molecule has 0 heterocycles. The van der Waals surface area contributed by atoms with Crippen LogP contribution in [0.4, 0.5) is 4.79 Å². The Morgan fingerprint density at radius 3 is 2.26 bits per heavy atom. The lowest BCUT2D eigenvalue weighted by Crippen LogP contribution is -2.54. The smallest absolute Gasteiger partial charge is 0.326 e. The lowest BCUT2D eigenvalue weighted by molar-refractivity contribution is -0.139. The maximum absolute atomic E-state index is 11.9. The summed E-state index contributed by atoms with van der Waals surface area (Å²) in [6.45, 7) is 5.92. The lowest BCUT2D eigenvalue weighted by atomic mass is 9.83. The zero-order valence-electron chi connectivity index (χ0n) is 12.2. The minimum absolute atomic E-state index is 0.191. The van der Waals surface area contributed by atoms with Crippen LogP contribution in [0.2, 0.25) is 0 Å². The molecule has 1 rings (SSSR count). The molecule has 0 unspecified atom stereocenters. The molecule has 0 spiro atoms. The van der Waals surface area contributed by atoms with Crippen molar-refractivity contribution >= 4 is 12.0 Å². The van der Waals surface area contributed by atoms with Crippen LogP contribution in [0, 0.1) is 5.92 Å². The number of carboxylic acids is 1. The number of carboxylic acid groups (broad SMARTS) is 1. The van der Waals surface area contributed by atoms with Crippen LogP contribution in [-0.2, 0) is 4.79 Å². The molecule has 0 aromatic heterocycles. The Hall–Kier alpha value is -1.26. The first-order valence-electron chi connectivity index (χ1n) is 7.14. The van der Waals surface area contributed by atoms with Gasteiger partial charge in [-0.1, -0.05) is 33.1 Å². The van der Waals surface area contributed by atoms with E-state index in [2.05, 4.69) is 10.6 Å². The highest BCUT2D eigenvalue weighted by Crippen LogP contribution is 2.27. The van der Waals surface area contributed by atoms with Crippen LogP contribution < -0.4 is 10.6 Å². The fourth-order valence-electron chi connectivity index (χ4n) is 2.62. The maximum Gasteiger partial charge on any atom is 0.326 e. The molecule has 1 atom stereocenters. The Kier molecular flexibility index (Phi) is 5.63. The monoisotopic (exact) mass is 270 g/mol. The molecule has 1 fully saturated rings. The van der Waals surface area contributed by atoms with Crippen molar-refractivity contribution in [3.05, 3.63) is 0 Å². The molecular formula is C14H26N2O3. The Morgan fingerprint density at radius 2 is 1.79 bits per heavy atom. The van der Waals surface area contributed by atoms with Gasteiger partial charge >= 0.3 is 12.0 Å². The van der Waals surface area contributed by atoms with Gasteiger partial charge in [0.15, 0.2) is 0 Å². The first-order valence-corrected chi connectivity index (χ1v) is 7.14. The normalized spacial score (nSPS) is 19.8. The largest absolute Gasteiger partial charge is 0.480 e. The highest BCUT2D eigenvalue weighted by Gasteiger charge is 2.30. The second-order valence-corrected chi connectivity index (χ2v) is 6.24. The molecule has 1 aliphatic rings. The van der Waals surface area contributed by atoms with Crippen molar-refractivity contribution in [2.45, 2.75) is 70.9 Å². The van der Waals surface area contributed by atoms with Crippen molar-refractivity contribution < 1.29 is 14.7 Å². The van der Waals surface area contributed by atoms with Crippen molar-refractivity contribution in [2.75, 3.05) is 0 Å². The van der Waals surface area contributed by atoms with Gasteiger partial charge in [-0.2, -0.15) is 0 Å². The van der Waals surface area contributed by atoms with Gasteiger partial charge in [0.25, 0.3) is 0 Å². The Morgan fingerprint density at radius 1 is 1.21 bits per heavy atom. The van der Waals surface area contributed by atoms with Gasteiger partial charge in [0.05, 0.1) is 0 Å². The van der Waals surface area contributed by atoms with E-state index in [0.717, 1.165) is 25.7 Å². The van der Waals surface area contributed by atoms with E-state index in [4.69, 9.17) is 5.11 Å². The maximum atomic E-state index is 11.9. The van der Waals surface area contributed by atoms with Crippen molar-refractivity contribution in [1.29, 1.82) is 0 Å². The van der Waals surface area contributed by atoms with Gasteiger partial charge in [0.2, 0.25) is 0 Å². The van der Waals surface area contributed by atoms with Gasteiger partial charge in [-0.15, -0.1) is 0 Å². The van der Waals surface area contributed by atoms with E-state index in [9.17, 15) is 9.59 Å². The standard InChI is InChI=1S/C14H26N2O3/c1-10(2)9-11(12(17)18)15-13(19)16-14(3)7-5-4-6-8-14/h10-11H,4-9H2,1-3H3,(H,17,18)(H2,15,16,19)/t11-/m0/s1. The zero-order chi connectivity index (χ0) is 14.5. The van der Waals surface area contributed by atoms with E-state index in [-0.39, 0.29) is 17.5 Å². The summed E-state index contributed by atoms with van der Waals surface area (Å²) in [6, 6.07) is -1.18. The minimum atomic E-state index is -0.974. The van der Waals surface area contributed by atoms with Crippen LogP contribution in [0.3, 0.4) is 0 Å². The number of hydrogen-bond donors (Lipinski definition) is 3. The molecule has 19 heavy (non-hydrogen) atoms. The summed E-state index contributed by atoms with van der Waals surface area (Å²) in [7, 11) is 0. The molecule has 0 aromatic carbocycles. The minimum Gasteiger partial charge on any atom is -0.480 e. The van der Waals surface area contributed by atoms with Crippen molar-refractivity contribution in [3.63, 3.8) is 0 Å². The number of urea groups is 1. The topological polar surface area (TPSA) is 78.4 Å². The van der Waals surface area contributed by atoms with Gasteiger partial charge in [-0.25, -0.2) is 9.59 Å². The summed E-state index contributed by atoms with van der Waals surface area (Å²) < 4.78 is 0. The van der Waals surface area contributed by atoms with E-state index >= 15 is 0 Å². The van der Waals surface area contributed by atoms with Gasteiger partial charge in [-0.05, 0) is 32.1 Å². The van der Waals surface area contributed by atoms with Crippen LogP contribution in [0.15, 0.2) is 0 Å². The number of amides is 2. The summed E-state index contributed by atoms with van der Waals surface area (Å²) in [5.74, 6) is -0.746. The third-order valence-corrected chi connectivity index (χ3v) is 3.68. The molecule has 0 aromatic rings. The van der Waals surface area contributed by atoms with Crippen LogP contribution >= 0.6 is 0 Å². The Balaban J connectivity index is 2.50. The van der Waals surface area contributed by atoms with E-state index in [1.165, 1.54) is 6.42 Å². The molecule has 0 aliphatic heterocycles. The summed E-state index contributed by atoms with van der Waals surface area (Å²) in [5, 5.41) is 14.6. The van der Waals surface area contributed by atoms with Crippen LogP contribution in [0.25, 0.3) is 0 Å². The number of rotatable bonds is 5. The predicted octanol–water partition coefficient (Wildman–Crippen LogP) is 2.51. The van der Waals surface area contributed by atoms with Crippen LogP contribution in [0.1, 0.15) is 59.3 Å². The first kappa shape index (κ1) is 15.8. The third-order valence-electron chi connectivity index (χ3n) is 3.68. The quantitative estimate of drug-likeness (QED) is 0.718. The Bertz CT molecular complexity index is 323. The molecular weight excluding hydrogens is 244 g/mol. The number of aliphatic carboxylic acids is 1. The van der Waals surface area contributed by atoms with E-state index < -0.39 is 12.0 Å². The van der Waals surface area contributed by atoms with Crippen molar-refractivity contribution in [3.8, 4) is 0 Å². The second-order valence-electron chi connectivity index (χ2n) is 6.24. The summed E-state index contributed by atoms with van der Waals surface area (Å²) in [6.07, 6.45) is 5.81. The second kappa shape index (κ2) is 6.78. The molecule has 5 nitrogen and oxygen atoms in total. The van der Waals surface area contributed by atoms with Gasteiger partial charge < -0.3 is 15.7 Å². The number of carbonyl (C=O) groups is 2.